The van der Waals surface area contributed by atoms with E-state index in [1.54, 1.807) is 0 Å². The van der Waals surface area contributed by atoms with Gasteiger partial charge in [0.05, 0.1) is 5.41 Å². The molecule has 0 amide bonds. The molecule has 0 aromatic rings. The molecule has 1 saturated carbocycles. The molecule has 0 aliphatic heterocycles. The molecule has 0 heterocycles. The van der Waals surface area contributed by atoms with E-state index in [0.717, 1.165) is 25.7 Å². The van der Waals surface area contributed by atoms with Crippen LogP contribution in [0.2, 0.25) is 0 Å². The summed E-state index contributed by atoms with van der Waals surface area (Å²) in [4.78, 5) is 22.4. The molecule has 0 aromatic carbocycles. The van der Waals surface area contributed by atoms with Gasteiger partial charge in [-0.1, -0.05) is 32.6 Å². The molecule has 0 aromatic heterocycles. The lowest BCUT2D eigenvalue weighted by molar-refractivity contribution is -0.150. The van der Waals surface area contributed by atoms with Gasteiger partial charge in [0.2, 0.25) is 0 Å². The first kappa shape index (κ1) is 12.2. The smallest absolute Gasteiger partial charge is 0.310 e. The molecular weight excluding hydrogens is 192 g/mol. The Hall–Kier alpha value is -0.860. The highest BCUT2D eigenvalue weighted by molar-refractivity contribution is 5.89. The molecule has 1 rings (SSSR count). The van der Waals surface area contributed by atoms with Crippen LogP contribution in [0.3, 0.4) is 0 Å². The van der Waals surface area contributed by atoms with Gasteiger partial charge in [0.15, 0.2) is 0 Å². The number of ketones is 1. The molecule has 1 fully saturated rings. The maximum atomic E-state index is 11.2. The van der Waals surface area contributed by atoms with Crippen molar-refractivity contribution in [2.24, 2.45) is 5.41 Å². The van der Waals surface area contributed by atoms with Crippen LogP contribution in [0.4, 0.5) is 0 Å². The maximum Gasteiger partial charge on any atom is 0.310 e. The first-order valence-corrected chi connectivity index (χ1v) is 5.86. The fraction of sp³-hybridized carbons (Fsp3) is 0.833. The predicted molar refractivity (Wildman–Crippen MR) is 57.7 cm³/mol. The van der Waals surface area contributed by atoms with E-state index in [-0.39, 0.29) is 12.2 Å². The van der Waals surface area contributed by atoms with E-state index >= 15 is 0 Å². The predicted octanol–water partition coefficient (Wildman–Crippen LogP) is 2.78. The van der Waals surface area contributed by atoms with E-state index in [4.69, 9.17) is 0 Å². The van der Waals surface area contributed by atoms with Gasteiger partial charge in [-0.2, -0.15) is 0 Å². The summed E-state index contributed by atoms with van der Waals surface area (Å²) in [6.45, 7) is 2.13. The topological polar surface area (TPSA) is 54.4 Å². The Morgan fingerprint density at radius 1 is 1.40 bits per heavy atom. The number of carbonyl (C=O) groups excluding carboxylic acids is 1. The van der Waals surface area contributed by atoms with Crippen molar-refractivity contribution in [2.75, 3.05) is 0 Å². The van der Waals surface area contributed by atoms with Gasteiger partial charge in [-0.3, -0.25) is 9.59 Å². The lowest BCUT2D eigenvalue weighted by Crippen LogP contribution is -2.28. The molecule has 1 atom stereocenters. The van der Waals surface area contributed by atoms with Crippen LogP contribution >= 0.6 is 0 Å². The number of rotatable bonds is 6. The third kappa shape index (κ3) is 3.05. The molecule has 0 saturated heterocycles. The molecule has 1 aliphatic rings. The average Bonchev–Trinajstić information content (AvgIpc) is 2.56. The van der Waals surface area contributed by atoms with Crippen molar-refractivity contribution in [3.05, 3.63) is 0 Å². The summed E-state index contributed by atoms with van der Waals surface area (Å²) in [7, 11) is 0. The Bertz CT molecular complexity index is 247. The highest BCUT2D eigenvalue weighted by Gasteiger charge is 2.44. The minimum absolute atomic E-state index is 0.118. The first-order chi connectivity index (χ1) is 7.10. The molecule has 15 heavy (non-hydrogen) atoms. The maximum absolute atomic E-state index is 11.2. The van der Waals surface area contributed by atoms with Gasteiger partial charge in [-0.15, -0.1) is 0 Å². The van der Waals surface area contributed by atoms with Gasteiger partial charge in [-0.05, 0) is 12.8 Å². The monoisotopic (exact) mass is 212 g/mol. The van der Waals surface area contributed by atoms with Crippen molar-refractivity contribution in [3.8, 4) is 0 Å². The van der Waals surface area contributed by atoms with E-state index in [2.05, 4.69) is 6.92 Å². The van der Waals surface area contributed by atoms with Crippen molar-refractivity contribution >= 4 is 11.8 Å². The van der Waals surface area contributed by atoms with Crippen molar-refractivity contribution < 1.29 is 14.7 Å². The number of hydrogen-bond acceptors (Lipinski definition) is 2. The van der Waals surface area contributed by atoms with Crippen molar-refractivity contribution in [3.63, 3.8) is 0 Å². The van der Waals surface area contributed by atoms with Crippen LogP contribution in [-0.4, -0.2) is 16.9 Å². The van der Waals surface area contributed by atoms with Crippen LogP contribution in [0.25, 0.3) is 0 Å². The second-order valence-electron chi connectivity index (χ2n) is 4.61. The molecule has 1 N–H and O–H groups in total. The number of Topliss-reactive ketones (excluding diaryl/α,β-unsaturated/α-hetero) is 1. The summed E-state index contributed by atoms with van der Waals surface area (Å²) in [5, 5.41) is 9.19. The lowest BCUT2D eigenvalue weighted by atomic mass is 9.81. The Kier molecular flexibility index (Phi) is 4.30. The van der Waals surface area contributed by atoms with Crippen LogP contribution < -0.4 is 0 Å². The Labute approximate surface area is 90.9 Å². The quantitative estimate of drug-likeness (QED) is 0.689. The molecule has 1 aliphatic carbocycles. The number of unbranched alkanes of at least 4 members (excludes halogenated alkanes) is 3. The summed E-state index contributed by atoms with van der Waals surface area (Å²) in [6.07, 6.45) is 6.27. The summed E-state index contributed by atoms with van der Waals surface area (Å²) >= 11 is 0. The Balaban J connectivity index is 2.45. The highest BCUT2D eigenvalue weighted by Crippen LogP contribution is 2.40. The standard InChI is InChI=1S/C12H20O3/c1-2-3-4-5-7-12(11(14)15)8-6-10(13)9-12/h2-9H2,1H3,(H,14,15). The molecule has 3 nitrogen and oxygen atoms in total. The van der Waals surface area contributed by atoms with E-state index in [1.807, 2.05) is 0 Å². The van der Waals surface area contributed by atoms with Crippen molar-refractivity contribution in [2.45, 2.75) is 58.3 Å². The summed E-state index contributed by atoms with van der Waals surface area (Å²) in [5.74, 6) is -0.655. The summed E-state index contributed by atoms with van der Waals surface area (Å²) < 4.78 is 0. The first-order valence-electron chi connectivity index (χ1n) is 5.86. The van der Waals surface area contributed by atoms with Crippen LogP contribution in [0, 0.1) is 5.41 Å². The van der Waals surface area contributed by atoms with Gasteiger partial charge >= 0.3 is 5.97 Å². The van der Waals surface area contributed by atoms with Crippen molar-refractivity contribution in [1.82, 2.24) is 0 Å². The number of aliphatic carboxylic acids is 1. The largest absolute Gasteiger partial charge is 0.481 e. The second-order valence-corrected chi connectivity index (χ2v) is 4.61. The molecule has 0 radical (unpaired) electrons. The number of carbonyl (C=O) groups is 2. The number of hydrogen-bond donors (Lipinski definition) is 1. The zero-order chi connectivity index (χ0) is 11.3. The zero-order valence-electron chi connectivity index (χ0n) is 9.42. The summed E-state index contributed by atoms with van der Waals surface area (Å²) in [5.41, 5.74) is -0.717. The van der Waals surface area contributed by atoms with Crippen molar-refractivity contribution in [1.29, 1.82) is 0 Å². The summed E-state index contributed by atoms with van der Waals surface area (Å²) in [6, 6.07) is 0. The minimum atomic E-state index is -0.773. The Morgan fingerprint density at radius 3 is 2.60 bits per heavy atom. The van der Waals surface area contributed by atoms with E-state index in [1.165, 1.54) is 0 Å². The number of carboxylic acids is 1. The molecular formula is C12H20O3. The van der Waals surface area contributed by atoms with Gasteiger partial charge in [0.1, 0.15) is 5.78 Å². The molecule has 3 heteroatoms. The average molecular weight is 212 g/mol. The Morgan fingerprint density at radius 2 is 2.13 bits per heavy atom. The molecule has 86 valence electrons. The third-order valence-electron chi connectivity index (χ3n) is 3.38. The molecule has 0 spiro atoms. The molecule has 0 bridgehead atoms. The molecule has 1 unspecified atom stereocenters. The normalized spacial score (nSPS) is 25.8. The number of carboxylic acid groups (broad SMARTS) is 1. The fourth-order valence-electron chi connectivity index (χ4n) is 2.33. The van der Waals surface area contributed by atoms with E-state index in [9.17, 15) is 14.7 Å². The van der Waals surface area contributed by atoms with Gasteiger partial charge in [0.25, 0.3) is 0 Å². The van der Waals surface area contributed by atoms with Crippen LogP contribution in [-0.2, 0) is 9.59 Å². The van der Waals surface area contributed by atoms with Crippen LogP contribution in [0.15, 0.2) is 0 Å². The van der Waals surface area contributed by atoms with Crippen LogP contribution in [0.5, 0.6) is 0 Å². The van der Waals surface area contributed by atoms with Crippen LogP contribution in [0.1, 0.15) is 58.3 Å². The minimum Gasteiger partial charge on any atom is -0.481 e. The van der Waals surface area contributed by atoms with E-state index < -0.39 is 11.4 Å². The van der Waals surface area contributed by atoms with Gasteiger partial charge in [-0.25, -0.2) is 0 Å². The van der Waals surface area contributed by atoms with E-state index in [0.29, 0.717) is 19.3 Å². The zero-order valence-corrected chi connectivity index (χ0v) is 9.42. The lowest BCUT2D eigenvalue weighted by Gasteiger charge is -2.22. The SMILES string of the molecule is CCCCCCC1(C(=O)O)CCC(=O)C1. The third-order valence-corrected chi connectivity index (χ3v) is 3.38. The second kappa shape index (κ2) is 5.29. The fourth-order valence-corrected chi connectivity index (χ4v) is 2.33. The van der Waals surface area contributed by atoms with Gasteiger partial charge < -0.3 is 5.11 Å². The van der Waals surface area contributed by atoms with Gasteiger partial charge in [0, 0.05) is 12.8 Å². The highest BCUT2D eigenvalue weighted by atomic mass is 16.4.